The predicted octanol–water partition coefficient (Wildman–Crippen LogP) is 3.17. The van der Waals surface area contributed by atoms with Gasteiger partial charge in [-0.05, 0) is 17.8 Å². The van der Waals surface area contributed by atoms with Crippen LogP contribution >= 0.6 is 0 Å². The molecule has 0 bridgehead atoms. The maximum Gasteiger partial charge on any atom is 0.0883 e. The van der Waals surface area contributed by atoms with Crippen LogP contribution in [-0.2, 0) is 12.5 Å². The molecule has 0 atom stereocenters. The summed E-state index contributed by atoms with van der Waals surface area (Å²) in [7, 11) is 1.92. The summed E-state index contributed by atoms with van der Waals surface area (Å²) >= 11 is 0. The summed E-state index contributed by atoms with van der Waals surface area (Å²) in [5.74, 6) is 0.670. The highest BCUT2D eigenvalue weighted by Gasteiger charge is 2.33. The molecule has 1 aromatic rings. The number of rotatable bonds is 4. The summed E-state index contributed by atoms with van der Waals surface area (Å²) in [5, 5.41) is 8.27. The molecule has 0 aromatic carbocycles. The Kier molecular flexibility index (Phi) is 3.46. The van der Waals surface area contributed by atoms with E-state index in [1.807, 2.05) is 13.2 Å². The van der Waals surface area contributed by atoms with E-state index in [2.05, 4.69) is 51.9 Å². The van der Waals surface area contributed by atoms with Crippen molar-refractivity contribution in [3.63, 3.8) is 0 Å². The Balaban J connectivity index is 2.87. The largest absolute Gasteiger partial charge is 0.255 e. The highest BCUT2D eigenvalue weighted by Crippen LogP contribution is 2.40. The van der Waals surface area contributed by atoms with Crippen molar-refractivity contribution >= 4 is 0 Å². The first-order chi connectivity index (χ1) is 7.15. The van der Waals surface area contributed by atoms with Gasteiger partial charge in [-0.3, -0.25) is 4.68 Å². The summed E-state index contributed by atoms with van der Waals surface area (Å²) in [4.78, 5) is 0. The van der Waals surface area contributed by atoms with Gasteiger partial charge in [-0.2, -0.15) is 0 Å². The lowest BCUT2D eigenvalue weighted by atomic mass is 9.68. The molecule has 0 fully saturated rings. The highest BCUT2D eigenvalue weighted by atomic mass is 15.4. The van der Waals surface area contributed by atoms with Gasteiger partial charge in [-0.1, -0.05) is 46.8 Å². The molecule has 0 aliphatic heterocycles. The molecular weight excluding hydrogens is 198 g/mol. The maximum atomic E-state index is 4.24. The van der Waals surface area contributed by atoms with Crippen LogP contribution in [-0.4, -0.2) is 15.0 Å². The van der Waals surface area contributed by atoms with Gasteiger partial charge in [-0.15, -0.1) is 5.10 Å². The standard InChI is InChI=1S/C13H25N3/c1-10(2)12(3,4)9-13(5,6)11-8-16(7)15-14-11/h8,10H,9H2,1-7H3. The van der Waals surface area contributed by atoms with Crippen LogP contribution in [0, 0.1) is 11.3 Å². The van der Waals surface area contributed by atoms with Gasteiger partial charge in [0.05, 0.1) is 5.69 Å². The lowest BCUT2D eigenvalue weighted by molar-refractivity contribution is 0.179. The molecule has 0 aliphatic rings. The van der Waals surface area contributed by atoms with E-state index in [0.29, 0.717) is 11.3 Å². The van der Waals surface area contributed by atoms with Gasteiger partial charge in [0.25, 0.3) is 0 Å². The van der Waals surface area contributed by atoms with Crippen LogP contribution in [0.1, 0.15) is 53.7 Å². The van der Waals surface area contributed by atoms with E-state index in [4.69, 9.17) is 0 Å². The quantitative estimate of drug-likeness (QED) is 0.785. The molecule has 0 radical (unpaired) electrons. The smallest absolute Gasteiger partial charge is 0.0883 e. The Morgan fingerprint density at radius 3 is 2.19 bits per heavy atom. The zero-order chi connectivity index (χ0) is 12.6. The zero-order valence-electron chi connectivity index (χ0n) is 11.7. The van der Waals surface area contributed by atoms with Crippen molar-refractivity contribution in [2.24, 2.45) is 18.4 Å². The summed E-state index contributed by atoms with van der Waals surface area (Å²) < 4.78 is 1.78. The summed E-state index contributed by atoms with van der Waals surface area (Å²) in [6.45, 7) is 13.7. The molecule has 1 rings (SSSR count). The Hall–Kier alpha value is -0.860. The van der Waals surface area contributed by atoms with E-state index in [0.717, 1.165) is 12.1 Å². The fourth-order valence-electron chi connectivity index (χ4n) is 2.09. The first-order valence-corrected chi connectivity index (χ1v) is 6.02. The van der Waals surface area contributed by atoms with Crippen molar-refractivity contribution < 1.29 is 0 Å². The molecule has 92 valence electrons. The minimum atomic E-state index is 0.0853. The third-order valence-corrected chi connectivity index (χ3v) is 3.76. The van der Waals surface area contributed by atoms with Gasteiger partial charge in [0.1, 0.15) is 0 Å². The average molecular weight is 223 g/mol. The van der Waals surface area contributed by atoms with Crippen molar-refractivity contribution in [3.8, 4) is 0 Å². The second-order valence-electron chi connectivity index (χ2n) is 6.48. The van der Waals surface area contributed by atoms with Gasteiger partial charge >= 0.3 is 0 Å². The van der Waals surface area contributed by atoms with Crippen LogP contribution in [0.4, 0.5) is 0 Å². The van der Waals surface area contributed by atoms with Crippen LogP contribution in [0.5, 0.6) is 0 Å². The topological polar surface area (TPSA) is 30.7 Å². The maximum absolute atomic E-state index is 4.24. The van der Waals surface area contributed by atoms with Crippen molar-refractivity contribution in [1.29, 1.82) is 0 Å². The Morgan fingerprint density at radius 1 is 1.25 bits per heavy atom. The third-order valence-electron chi connectivity index (χ3n) is 3.76. The molecule has 16 heavy (non-hydrogen) atoms. The second kappa shape index (κ2) is 4.19. The fraction of sp³-hybridized carbons (Fsp3) is 0.846. The lowest BCUT2D eigenvalue weighted by Crippen LogP contribution is -2.30. The third kappa shape index (κ3) is 2.83. The van der Waals surface area contributed by atoms with Crippen molar-refractivity contribution in [1.82, 2.24) is 15.0 Å². The van der Waals surface area contributed by atoms with Gasteiger partial charge < -0.3 is 0 Å². The van der Waals surface area contributed by atoms with Gasteiger partial charge in [-0.25, -0.2) is 0 Å². The van der Waals surface area contributed by atoms with Crippen molar-refractivity contribution in [2.45, 2.75) is 53.4 Å². The molecule has 0 aliphatic carbocycles. The lowest BCUT2D eigenvalue weighted by Gasteiger charge is -2.36. The Bertz CT molecular complexity index is 348. The van der Waals surface area contributed by atoms with Crippen LogP contribution in [0.15, 0.2) is 6.20 Å². The predicted molar refractivity (Wildman–Crippen MR) is 67.3 cm³/mol. The van der Waals surface area contributed by atoms with Crippen molar-refractivity contribution in [2.75, 3.05) is 0 Å². The minimum Gasteiger partial charge on any atom is -0.255 e. The Morgan fingerprint density at radius 2 is 1.81 bits per heavy atom. The van der Waals surface area contributed by atoms with E-state index >= 15 is 0 Å². The molecule has 0 N–H and O–H groups in total. The number of nitrogens with zero attached hydrogens (tertiary/aromatic N) is 3. The first-order valence-electron chi connectivity index (χ1n) is 6.02. The van der Waals surface area contributed by atoms with Gasteiger partial charge in [0.15, 0.2) is 0 Å². The molecule has 3 heteroatoms. The molecule has 0 unspecified atom stereocenters. The molecule has 0 amide bonds. The van der Waals surface area contributed by atoms with Gasteiger partial charge in [0, 0.05) is 18.7 Å². The number of hydrogen-bond donors (Lipinski definition) is 0. The SMILES string of the molecule is CC(C)C(C)(C)CC(C)(C)c1cn(C)nn1. The molecule has 3 nitrogen and oxygen atoms in total. The first kappa shape index (κ1) is 13.2. The molecule has 1 aromatic heterocycles. The fourth-order valence-corrected chi connectivity index (χ4v) is 2.09. The molecular formula is C13H25N3. The van der Waals surface area contributed by atoms with E-state index in [1.165, 1.54) is 0 Å². The van der Waals surface area contributed by atoms with Crippen LogP contribution in [0.3, 0.4) is 0 Å². The number of aryl methyl sites for hydroxylation is 1. The van der Waals surface area contributed by atoms with E-state index in [-0.39, 0.29) is 5.41 Å². The van der Waals surface area contributed by atoms with Crippen molar-refractivity contribution in [3.05, 3.63) is 11.9 Å². The number of hydrogen-bond acceptors (Lipinski definition) is 2. The minimum absolute atomic E-state index is 0.0853. The summed E-state index contributed by atoms with van der Waals surface area (Å²) in [6, 6.07) is 0. The highest BCUT2D eigenvalue weighted by molar-refractivity contribution is 5.10. The zero-order valence-corrected chi connectivity index (χ0v) is 11.7. The molecule has 0 spiro atoms. The normalized spacial score (nSPS) is 13.5. The average Bonchev–Trinajstić information content (AvgIpc) is 2.50. The summed E-state index contributed by atoms with van der Waals surface area (Å²) in [5.41, 5.74) is 1.49. The molecule has 1 heterocycles. The Labute approximate surface area is 99.2 Å². The van der Waals surface area contributed by atoms with E-state index < -0.39 is 0 Å². The molecule has 0 saturated heterocycles. The summed E-state index contributed by atoms with van der Waals surface area (Å²) in [6.07, 6.45) is 3.15. The van der Waals surface area contributed by atoms with E-state index in [1.54, 1.807) is 4.68 Å². The van der Waals surface area contributed by atoms with Gasteiger partial charge in [0.2, 0.25) is 0 Å². The van der Waals surface area contributed by atoms with Crippen LogP contribution < -0.4 is 0 Å². The second-order valence-corrected chi connectivity index (χ2v) is 6.48. The molecule has 0 saturated carbocycles. The van der Waals surface area contributed by atoms with E-state index in [9.17, 15) is 0 Å². The van der Waals surface area contributed by atoms with Crippen LogP contribution in [0.25, 0.3) is 0 Å². The monoisotopic (exact) mass is 223 g/mol. The number of aromatic nitrogens is 3. The van der Waals surface area contributed by atoms with Crippen LogP contribution in [0.2, 0.25) is 0 Å².